The van der Waals surface area contributed by atoms with Gasteiger partial charge in [-0.1, -0.05) is 31.1 Å². The summed E-state index contributed by atoms with van der Waals surface area (Å²) < 4.78 is 5.40. The number of aliphatic imine (C=N–C) groups is 1. The lowest BCUT2D eigenvalue weighted by atomic mass is 10.1. The fraction of sp³-hybridized carbons (Fsp3) is 0.444. The van der Waals surface area contributed by atoms with Crippen LogP contribution in [0.2, 0.25) is 0 Å². The second-order valence-electron chi connectivity index (χ2n) is 5.37. The molecule has 1 aromatic heterocycles. The lowest BCUT2D eigenvalue weighted by molar-refractivity contribution is 0.380. The molecule has 0 atom stereocenters. The Morgan fingerprint density at radius 3 is 2.36 bits per heavy atom. The molecule has 0 saturated heterocycles. The molecule has 0 amide bonds. The van der Waals surface area contributed by atoms with E-state index in [1.807, 2.05) is 0 Å². The molecule has 5 nitrogen and oxygen atoms in total. The van der Waals surface area contributed by atoms with Gasteiger partial charge in [0.15, 0.2) is 5.96 Å². The summed E-state index contributed by atoms with van der Waals surface area (Å²) in [6.07, 6.45) is 3.80. The van der Waals surface area contributed by atoms with Crippen LogP contribution in [0.25, 0.3) is 0 Å². The number of aryl methyl sites for hydroxylation is 2. The Hall–Kier alpha value is -1.22. The molecule has 0 fully saturated rings. The summed E-state index contributed by atoms with van der Waals surface area (Å²) in [6, 6.07) is 8.54. The highest BCUT2D eigenvalue weighted by molar-refractivity contribution is 14.0. The molecule has 0 radical (unpaired) electrons. The molecule has 138 valence electrons. The van der Waals surface area contributed by atoms with Crippen molar-refractivity contribution in [1.82, 2.24) is 15.8 Å². The highest BCUT2D eigenvalue weighted by Gasteiger charge is 2.13. The average molecular weight is 474 g/mol. The van der Waals surface area contributed by atoms with Crippen LogP contribution in [0, 0.1) is 0 Å². The molecule has 0 unspecified atom stereocenters. The van der Waals surface area contributed by atoms with Gasteiger partial charge in [0.2, 0.25) is 0 Å². The van der Waals surface area contributed by atoms with Crippen molar-refractivity contribution in [2.75, 3.05) is 13.3 Å². The van der Waals surface area contributed by atoms with Crippen molar-refractivity contribution in [2.24, 2.45) is 4.99 Å². The van der Waals surface area contributed by atoms with Gasteiger partial charge in [-0.3, -0.25) is 4.99 Å². The molecule has 1 heterocycles. The maximum Gasteiger partial charge on any atom is 0.191 e. The van der Waals surface area contributed by atoms with Crippen LogP contribution in [-0.4, -0.2) is 24.4 Å². The number of aromatic nitrogens is 1. The Bertz CT molecular complexity index is 649. The van der Waals surface area contributed by atoms with Crippen LogP contribution in [-0.2, 0) is 25.9 Å². The van der Waals surface area contributed by atoms with Crippen LogP contribution in [0.1, 0.15) is 36.4 Å². The molecular weight excluding hydrogens is 447 g/mol. The first-order chi connectivity index (χ1) is 11.7. The van der Waals surface area contributed by atoms with Crippen LogP contribution in [0.4, 0.5) is 0 Å². The van der Waals surface area contributed by atoms with E-state index in [2.05, 4.69) is 65.2 Å². The first-order valence-corrected chi connectivity index (χ1v) is 9.48. The molecule has 7 heteroatoms. The van der Waals surface area contributed by atoms with Crippen molar-refractivity contribution in [3.05, 3.63) is 46.8 Å². The van der Waals surface area contributed by atoms with Crippen molar-refractivity contribution < 1.29 is 4.52 Å². The van der Waals surface area contributed by atoms with Gasteiger partial charge < -0.3 is 15.2 Å². The summed E-state index contributed by atoms with van der Waals surface area (Å²) >= 11 is 1.75. The fourth-order valence-corrected chi connectivity index (χ4v) is 2.87. The lowest BCUT2D eigenvalue weighted by Gasteiger charge is -2.12. The third-order valence-corrected chi connectivity index (χ3v) is 4.63. The zero-order valence-electron chi connectivity index (χ0n) is 15.3. The second-order valence-corrected chi connectivity index (χ2v) is 6.25. The maximum atomic E-state index is 5.40. The number of hydrogen-bond acceptors (Lipinski definition) is 4. The van der Waals surface area contributed by atoms with Crippen LogP contribution in [0.15, 0.2) is 38.7 Å². The Kier molecular flexibility index (Phi) is 9.96. The molecule has 2 rings (SSSR count). The first-order valence-electron chi connectivity index (χ1n) is 8.25. The maximum absolute atomic E-state index is 5.40. The molecule has 0 bridgehead atoms. The minimum absolute atomic E-state index is 0. The van der Waals surface area contributed by atoms with E-state index in [1.54, 1.807) is 18.8 Å². The summed E-state index contributed by atoms with van der Waals surface area (Å²) in [7, 11) is 1.78. The normalized spacial score (nSPS) is 11.1. The Morgan fingerprint density at radius 2 is 1.80 bits per heavy atom. The average Bonchev–Trinajstić information content (AvgIpc) is 3.04. The summed E-state index contributed by atoms with van der Waals surface area (Å²) in [5.41, 5.74) is 3.39. The molecule has 0 aliphatic carbocycles. The first kappa shape index (κ1) is 21.8. The predicted octanol–water partition coefficient (Wildman–Crippen LogP) is 4.00. The van der Waals surface area contributed by atoms with E-state index in [4.69, 9.17) is 4.52 Å². The van der Waals surface area contributed by atoms with Crippen molar-refractivity contribution in [1.29, 1.82) is 0 Å². The molecule has 1 aromatic carbocycles. The highest BCUT2D eigenvalue weighted by atomic mass is 127. The van der Waals surface area contributed by atoms with Gasteiger partial charge in [-0.05, 0) is 30.4 Å². The van der Waals surface area contributed by atoms with E-state index in [0.717, 1.165) is 42.4 Å². The molecule has 2 N–H and O–H groups in total. The molecule has 2 aromatic rings. The molecule has 0 spiro atoms. The summed E-state index contributed by atoms with van der Waals surface area (Å²) in [5.74, 6) is 1.72. The number of thioether (sulfide) groups is 1. The minimum atomic E-state index is 0. The van der Waals surface area contributed by atoms with E-state index in [9.17, 15) is 0 Å². The number of nitrogens with one attached hydrogen (secondary N) is 2. The Morgan fingerprint density at radius 1 is 1.12 bits per heavy atom. The Balaban J connectivity index is 0.00000312. The second kappa shape index (κ2) is 11.4. The van der Waals surface area contributed by atoms with Crippen molar-refractivity contribution in [2.45, 2.75) is 44.7 Å². The number of guanidine groups is 1. The van der Waals surface area contributed by atoms with Crippen LogP contribution >= 0.6 is 35.7 Å². The van der Waals surface area contributed by atoms with Gasteiger partial charge in [0.05, 0.1) is 5.69 Å². The monoisotopic (exact) mass is 474 g/mol. The SMILES string of the molecule is CCc1noc(CC)c1CNC(=NC)NCc1ccc(SC)cc1.I. The van der Waals surface area contributed by atoms with Gasteiger partial charge in [-0.15, -0.1) is 35.7 Å². The van der Waals surface area contributed by atoms with Gasteiger partial charge in [0, 0.05) is 37.0 Å². The highest BCUT2D eigenvalue weighted by Crippen LogP contribution is 2.16. The zero-order chi connectivity index (χ0) is 17.4. The van der Waals surface area contributed by atoms with Crippen LogP contribution in [0.3, 0.4) is 0 Å². The van der Waals surface area contributed by atoms with Gasteiger partial charge in [-0.25, -0.2) is 0 Å². The fourth-order valence-electron chi connectivity index (χ4n) is 2.46. The third-order valence-electron chi connectivity index (χ3n) is 3.88. The molecule has 0 aliphatic rings. The molecule has 0 saturated carbocycles. The number of nitrogens with zero attached hydrogens (tertiary/aromatic N) is 2. The van der Waals surface area contributed by atoms with Crippen LogP contribution < -0.4 is 10.6 Å². The smallest absolute Gasteiger partial charge is 0.191 e. The van der Waals surface area contributed by atoms with E-state index >= 15 is 0 Å². The predicted molar refractivity (Wildman–Crippen MR) is 116 cm³/mol. The molecule has 25 heavy (non-hydrogen) atoms. The quantitative estimate of drug-likeness (QED) is 0.275. The van der Waals surface area contributed by atoms with Gasteiger partial charge in [0.25, 0.3) is 0 Å². The minimum Gasteiger partial charge on any atom is -0.361 e. The largest absolute Gasteiger partial charge is 0.361 e. The summed E-state index contributed by atoms with van der Waals surface area (Å²) in [5, 5.41) is 10.8. The Labute approximate surface area is 171 Å². The lowest BCUT2D eigenvalue weighted by Crippen LogP contribution is -2.36. The zero-order valence-corrected chi connectivity index (χ0v) is 18.4. The molecule has 0 aliphatic heterocycles. The van der Waals surface area contributed by atoms with Crippen molar-refractivity contribution >= 4 is 41.7 Å². The topological polar surface area (TPSA) is 62.5 Å². The van der Waals surface area contributed by atoms with Crippen LogP contribution in [0.5, 0.6) is 0 Å². The van der Waals surface area contributed by atoms with Gasteiger partial charge >= 0.3 is 0 Å². The summed E-state index contributed by atoms with van der Waals surface area (Å²) in [6.45, 7) is 5.57. The summed E-state index contributed by atoms with van der Waals surface area (Å²) in [4.78, 5) is 5.56. The third kappa shape index (κ3) is 6.22. The van der Waals surface area contributed by atoms with Gasteiger partial charge in [-0.2, -0.15) is 0 Å². The number of benzene rings is 1. The van der Waals surface area contributed by atoms with E-state index in [-0.39, 0.29) is 24.0 Å². The number of halogens is 1. The standard InChI is InChI=1S/C18H26N4OS.HI/c1-5-16-15(17(6-2)23-22-16)12-21-18(19-3)20-11-13-7-9-14(24-4)10-8-13;/h7-10H,5-6,11-12H2,1-4H3,(H2,19,20,21);1H. The van der Waals surface area contributed by atoms with E-state index < -0.39 is 0 Å². The van der Waals surface area contributed by atoms with E-state index in [1.165, 1.54) is 10.5 Å². The van der Waals surface area contributed by atoms with Gasteiger partial charge in [0.1, 0.15) is 5.76 Å². The van der Waals surface area contributed by atoms with Crippen molar-refractivity contribution in [3.8, 4) is 0 Å². The van der Waals surface area contributed by atoms with Crippen molar-refractivity contribution in [3.63, 3.8) is 0 Å². The number of rotatable bonds is 7. The number of hydrogen-bond donors (Lipinski definition) is 2. The molecular formula is C18H27IN4OS. The van der Waals surface area contributed by atoms with E-state index in [0.29, 0.717) is 6.54 Å².